The quantitative estimate of drug-likeness (QED) is 0.482. The number of nitrogens with zero attached hydrogens (tertiary/aromatic N) is 2. The lowest BCUT2D eigenvalue weighted by atomic mass is 10.0. The van der Waals surface area contributed by atoms with Gasteiger partial charge in [-0.2, -0.15) is 0 Å². The van der Waals surface area contributed by atoms with Gasteiger partial charge in [0.05, 0.1) is 29.9 Å². The third-order valence-electron chi connectivity index (χ3n) is 4.39. The molecule has 2 aromatic heterocycles. The van der Waals surface area contributed by atoms with Crippen LogP contribution in [0.15, 0.2) is 58.5 Å². The minimum atomic E-state index is -0.0647. The zero-order valence-electron chi connectivity index (χ0n) is 14.2. The van der Waals surface area contributed by atoms with E-state index in [1.54, 1.807) is 24.6 Å². The Morgan fingerprint density at radius 2 is 2.15 bits per heavy atom. The molecule has 2 atom stereocenters. The second kappa shape index (κ2) is 7.75. The zero-order valence-corrected chi connectivity index (χ0v) is 18.2. The van der Waals surface area contributed by atoms with Crippen LogP contribution in [-0.2, 0) is 0 Å². The Labute approximate surface area is 180 Å². The number of thiocarbonyl (C=S) groups is 1. The largest absolute Gasteiger partial charge is 0.495 e. The Bertz CT molecular complexity index is 982. The predicted molar refractivity (Wildman–Crippen MR) is 118 cm³/mol. The number of rotatable bonds is 4. The van der Waals surface area contributed by atoms with Gasteiger partial charge in [0.15, 0.2) is 5.11 Å². The van der Waals surface area contributed by atoms with Crippen LogP contribution in [0.1, 0.15) is 22.7 Å². The molecule has 1 fully saturated rings. The summed E-state index contributed by atoms with van der Waals surface area (Å²) in [7, 11) is 1.60. The molecule has 4 rings (SSSR count). The van der Waals surface area contributed by atoms with Crippen LogP contribution in [0.25, 0.3) is 0 Å². The molecule has 1 aromatic carbocycles. The van der Waals surface area contributed by atoms with E-state index in [1.807, 2.05) is 36.4 Å². The van der Waals surface area contributed by atoms with E-state index in [1.165, 1.54) is 4.88 Å². The molecule has 0 bridgehead atoms. The molecule has 0 aliphatic carbocycles. The molecule has 27 heavy (non-hydrogen) atoms. The van der Waals surface area contributed by atoms with Crippen LogP contribution < -0.4 is 15.0 Å². The first-order valence-corrected chi connectivity index (χ1v) is 10.6. The van der Waals surface area contributed by atoms with Gasteiger partial charge < -0.3 is 15.0 Å². The molecule has 1 saturated heterocycles. The fraction of sp³-hybridized carbons (Fsp3) is 0.158. The van der Waals surface area contributed by atoms with Gasteiger partial charge in [0.2, 0.25) is 0 Å². The number of nitrogens with one attached hydrogen (secondary N) is 1. The fourth-order valence-electron chi connectivity index (χ4n) is 3.21. The molecule has 4 nitrogen and oxygen atoms in total. The molecule has 0 saturated carbocycles. The maximum Gasteiger partial charge on any atom is 0.174 e. The molecule has 1 aliphatic heterocycles. The fourth-order valence-corrected chi connectivity index (χ4v) is 5.38. The second-order valence-corrected chi connectivity index (χ2v) is 8.64. The molecule has 0 spiro atoms. The van der Waals surface area contributed by atoms with Crippen molar-refractivity contribution in [3.63, 3.8) is 0 Å². The highest BCUT2D eigenvalue weighted by molar-refractivity contribution is 9.10. The van der Waals surface area contributed by atoms with Gasteiger partial charge in [-0.05, 0) is 64.5 Å². The van der Waals surface area contributed by atoms with E-state index < -0.39 is 0 Å². The molecule has 1 aliphatic rings. The van der Waals surface area contributed by atoms with Crippen molar-refractivity contribution in [3.8, 4) is 5.75 Å². The van der Waals surface area contributed by atoms with Gasteiger partial charge in [-0.1, -0.05) is 17.7 Å². The summed E-state index contributed by atoms with van der Waals surface area (Å²) in [5.74, 6) is 0.634. The molecule has 3 aromatic rings. The van der Waals surface area contributed by atoms with Crippen molar-refractivity contribution in [2.75, 3.05) is 12.0 Å². The van der Waals surface area contributed by atoms with E-state index in [2.05, 4.69) is 42.6 Å². The van der Waals surface area contributed by atoms with Crippen LogP contribution in [0.5, 0.6) is 5.75 Å². The van der Waals surface area contributed by atoms with Gasteiger partial charge in [0.25, 0.3) is 0 Å². The van der Waals surface area contributed by atoms with Crippen molar-refractivity contribution < 1.29 is 4.74 Å². The summed E-state index contributed by atoms with van der Waals surface area (Å²) in [6.07, 6.45) is 1.80. The summed E-state index contributed by atoms with van der Waals surface area (Å²) in [5, 5.41) is 6.70. The van der Waals surface area contributed by atoms with E-state index >= 15 is 0 Å². The van der Waals surface area contributed by atoms with Crippen LogP contribution in [0.2, 0.25) is 5.02 Å². The summed E-state index contributed by atoms with van der Waals surface area (Å²) in [6.45, 7) is 0. The normalized spacial score (nSPS) is 19.2. The Morgan fingerprint density at radius 1 is 1.30 bits per heavy atom. The number of aromatic nitrogens is 1. The lowest BCUT2D eigenvalue weighted by Gasteiger charge is -2.27. The second-order valence-electron chi connectivity index (χ2n) is 5.98. The number of pyridine rings is 1. The third-order valence-corrected chi connectivity index (χ3v) is 6.76. The summed E-state index contributed by atoms with van der Waals surface area (Å²) < 4.78 is 6.33. The van der Waals surface area contributed by atoms with Gasteiger partial charge in [0, 0.05) is 26.6 Å². The molecule has 8 heteroatoms. The molecule has 0 amide bonds. The standard InChI is InChI=1S/C19H15BrClN3OS2/c1-25-15-6-5-12(9-13(15)21)24-18(16-8-11(20)10-27-16)17(23-19(24)26)14-4-2-3-7-22-14/h2-10,17-18H,1H3,(H,23,26)/t17-,18-/m1/s1. The summed E-state index contributed by atoms with van der Waals surface area (Å²) >= 11 is 17.3. The summed E-state index contributed by atoms with van der Waals surface area (Å²) in [5.41, 5.74) is 1.85. The smallest absolute Gasteiger partial charge is 0.174 e. The molecular weight excluding hydrogens is 466 g/mol. The number of benzene rings is 1. The first kappa shape index (κ1) is 18.7. The first-order chi connectivity index (χ1) is 13.1. The highest BCUT2D eigenvalue weighted by Gasteiger charge is 2.41. The van der Waals surface area contributed by atoms with Gasteiger partial charge in [-0.25, -0.2) is 0 Å². The number of anilines is 1. The average molecular weight is 481 g/mol. The Hall–Kier alpha value is -1.67. The van der Waals surface area contributed by atoms with Crippen LogP contribution in [0.3, 0.4) is 0 Å². The number of halogens is 2. The molecule has 3 heterocycles. The van der Waals surface area contributed by atoms with Crippen molar-refractivity contribution in [1.82, 2.24) is 10.3 Å². The Morgan fingerprint density at radius 3 is 2.78 bits per heavy atom. The van der Waals surface area contributed by atoms with E-state index in [-0.39, 0.29) is 12.1 Å². The molecule has 0 radical (unpaired) electrons. The van der Waals surface area contributed by atoms with Crippen LogP contribution >= 0.6 is 51.1 Å². The number of methoxy groups -OCH3 is 1. The minimum Gasteiger partial charge on any atom is -0.495 e. The van der Waals surface area contributed by atoms with Crippen LogP contribution in [0.4, 0.5) is 5.69 Å². The van der Waals surface area contributed by atoms with E-state index in [9.17, 15) is 0 Å². The van der Waals surface area contributed by atoms with Gasteiger partial charge in [-0.3, -0.25) is 4.98 Å². The van der Waals surface area contributed by atoms with Crippen molar-refractivity contribution in [1.29, 1.82) is 0 Å². The molecule has 1 N–H and O–H groups in total. The number of hydrogen-bond acceptors (Lipinski definition) is 4. The average Bonchev–Trinajstić information content (AvgIpc) is 3.25. The molecular formula is C19H15BrClN3OS2. The van der Waals surface area contributed by atoms with E-state index in [4.69, 9.17) is 28.6 Å². The number of ether oxygens (including phenoxy) is 1. The van der Waals surface area contributed by atoms with Crippen molar-refractivity contribution in [2.45, 2.75) is 12.1 Å². The molecule has 138 valence electrons. The van der Waals surface area contributed by atoms with Crippen molar-refractivity contribution in [3.05, 3.63) is 74.1 Å². The zero-order chi connectivity index (χ0) is 19.0. The highest BCUT2D eigenvalue weighted by atomic mass is 79.9. The monoisotopic (exact) mass is 479 g/mol. The maximum atomic E-state index is 6.37. The number of thiophene rings is 1. The summed E-state index contributed by atoms with van der Waals surface area (Å²) in [4.78, 5) is 7.82. The third kappa shape index (κ3) is 3.57. The lowest BCUT2D eigenvalue weighted by molar-refractivity contribution is 0.415. The minimum absolute atomic E-state index is 0.0341. The van der Waals surface area contributed by atoms with Crippen LogP contribution in [-0.4, -0.2) is 17.2 Å². The van der Waals surface area contributed by atoms with Crippen molar-refractivity contribution >= 4 is 61.9 Å². The highest BCUT2D eigenvalue weighted by Crippen LogP contribution is 2.45. The molecule has 0 unspecified atom stereocenters. The number of hydrogen-bond donors (Lipinski definition) is 1. The Kier molecular flexibility index (Phi) is 5.36. The maximum absolute atomic E-state index is 6.37. The predicted octanol–water partition coefficient (Wildman–Crippen LogP) is 5.74. The van der Waals surface area contributed by atoms with Crippen molar-refractivity contribution in [2.24, 2.45) is 0 Å². The van der Waals surface area contributed by atoms with E-state index in [0.29, 0.717) is 15.9 Å². The SMILES string of the molecule is COc1ccc(N2C(=S)N[C@H](c3ccccn3)[C@H]2c2cc(Br)cs2)cc1Cl. The van der Waals surface area contributed by atoms with Crippen LogP contribution in [0, 0.1) is 0 Å². The van der Waals surface area contributed by atoms with Gasteiger partial charge in [0.1, 0.15) is 5.75 Å². The van der Waals surface area contributed by atoms with Gasteiger partial charge >= 0.3 is 0 Å². The van der Waals surface area contributed by atoms with Gasteiger partial charge in [-0.15, -0.1) is 11.3 Å². The first-order valence-electron chi connectivity index (χ1n) is 8.16. The lowest BCUT2D eigenvalue weighted by Crippen LogP contribution is -2.29. The Balaban J connectivity index is 1.81. The summed E-state index contributed by atoms with van der Waals surface area (Å²) in [6, 6.07) is 13.6. The topological polar surface area (TPSA) is 37.4 Å². The van der Waals surface area contributed by atoms with E-state index in [0.717, 1.165) is 15.9 Å².